The van der Waals surface area contributed by atoms with Gasteiger partial charge in [0.05, 0.1) is 4.92 Å². The van der Waals surface area contributed by atoms with Crippen molar-refractivity contribution >= 4 is 17.3 Å². The molecule has 2 aromatic carbocycles. The van der Waals surface area contributed by atoms with Crippen molar-refractivity contribution in [2.45, 2.75) is 6.54 Å². The number of hydrogen-bond acceptors (Lipinski definition) is 4. The first-order valence-electron chi connectivity index (χ1n) is 6.47. The van der Waals surface area contributed by atoms with E-state index in [1.165, 1.54) is 12.1 Å². The van der Waals surface area contributed by atoms with Gasteiger partial charge in [-0.1, -0.05) is 23.7 Å². The van der Waals surface area contributed by atoms with E-state index in [2.05, 4.69) is 5.32 Å². The minimum atomic E-state index is -0.433. The fraction of sp³-hybridized carbons (Fsp3) is 0.200. The number of ether oxygens (including phenoxy) is 1. The van der Waals surface area contributed by atoms with Gasteiger partial charge in [-0.25, -0.2) is 0 Å². The molecule has 0 aliphatic rings. The van der Waals surface area contributed by atoms with E-state index in [9.17, 15) is 10.1 Å². The monoisotopic (exact) mass is 306 g/mol. The summed E-state index contributed by atoms with van der Waals surface area (Å²) in [7, 11) is 0. The quantitative estimate of drug-likeness (QED) is 0.483. The zero-order chi connectivity index (χ0) is 15.1. The predicted octanol–water partition coefficient (Wildman–Crippen LogP) is 3.42. The number of non-ortho nitro benzene ring substituents is 1. The molecule has 0 aromatic heterocycles. The Labute approximate surface area is 127 Å². The fourth-order valence-electron chi connectivity index (χ4n) is 1.74. The molecule has 6 heteroatoms. The Kier molecular flexibility index (Phi) is 5.54. The van der Waals surface area contributed by atoms with Crippen molar-refractivity contribution in [2.24, 2.45) is 0 Å². The summed E-state index contributed by atoms with van der Waals surface area (Å²) in [6.07, 6.45) is 0. The van der Waals surface area contributed by atoms with Gasteiger partial charge in [-0.05, 0) is 29.8 Å². The molecule has 2 rings (SSSR count). The lowest BCUT2D eigenvalue weighted by Crippen LogP contribution is -2.20. The molecule has 0 saturated heterocycles. The number of nitro groups is 1. The van der Waals surface area contributed by atoms with E-state index in [-0.39, 0.29) is 5.69 Å². The van der Waals surface area contributed by atoms with Crippen molar-refractivity contribution in [3.63, 3.8) is 0 Å². The molecule has 0 heterocycles. The standard InChI is InChI=1S/C15H15ClN2O3/c16-13-3-1-12(2-4-13)11-17-9-10-21-15-7-5-14(6-8-15)18(19)20/h1-8,17H,9-11H2. The molecule has 2 aromatic rings. The Morgan fingerprint density at radius 3 is 2.38 bits per heavy atom. The first-order chi connectivity index (χ1) is 10.1. The SMILES string of the molecule is O=[N+]([O-])c1ccc(OCCNCc2ccc(Cl)cc2)cc1. The summed E-state index contributed by atoms with van der Waals surface area (Å²) in [5.41, 5.74) is 1.21. The third kappa shape index (κ3) is 5.06. The van der Waals surface area contributed by atoms with Gasteiger partial charge >= 0.3 is 0 Å². The lowest BCUT2D eigenvalue weighted by atomic mass is 10.2. The maximum atomic E-state index is 10.5. The predicted molar refractivity (Wildman–Crippen MR) is 81.8 cm³/mol. The van der Waals surface area contributed by atoms with Crippen LogP contribution in [0.3, 0.4) is 0 Å². The molecule has 110 valence electrons. The number of nitro benzene ring substituents is 1. The minimum absolute atomic E-state index is 0.0585. The molecule has 0 aliphatic heterocycles. The second-order valence-electron chi connectivity index (χ2n) is 4.40. The summed E-state index contributed by atoms with van der Waals surface area (Å²) in [5.74, 6) is 0.619. The Balaban J connectivity index is 1.67. The maximum absolute atomic E-state index is 10.5. The van der Waals surface area contributed by atoms with Crippen molar-refractivity contribution in [3.05, 3.63) is 69.2 Å². The molecule has 5 nitrogen and oxygen atoms in total. The topological polar surface area (TPSA) is 64.4 Å². The van der Waals surface area contributed by atoms with E-state index in [1.54, 1.807) is 12.1 Å². The van der Waals surface area contributed by atoms with E-state index in [1.807, 2.05) is 24.3 Å². The normalized spacial score (nSPS) is 10.3. The number of nitrogens with zero attached hydrogens (tertiary/aromatic N) is 1. The summed E-state index contributed by atoms with van der Waals surface area (Å²) in [5, 5.41) is 14.5. The number of rotatable bonds is 7. The number of halogens is 1. The lowest BCUT2D eigenvalue weighted by Gasteiger charge is -2.07. The van der Waals surface area contributed by atoms with Crippen LogP contribution in [-0.4, -0.2) is 18.1 Å². The molecule has 0 unspecified atom stereocenters. The van der Waals surface area contributed by atoms with Crippen molar-refractivity contribution < 1.29 is 9.66 Å². The van der Waals surface area contributed by atoms with E-state index >= 15 is 0 Å². The zero-order valence-corrected chi connectivity index (χ0v) is 12.0. The largest absolute Gasteiger partial charge is 0.492 e. The molecule has 0 amide bonds. The van der Waals surface area contributed by atoms with Crippen molar-refractivity contribution in [1.82, 2.24) is 5.32 Å². The summed E-state index contributed by atoms with van der Waals surface area (Å²) in [6, 6.07) is 13.7. The maximum Gasteiger partial charge on any atom is 0.269 e. The highest BCUT2D eigenvalue weighted by molar-refractivity contribution is 6.30. The first kappa shape index (κ1) is 15.3. The van der Waals surface area contributed by atoms with Crippen molar-refractivity contribution in [1.29, 1.82) is 0 Å². The van der Waals surface area contributed by atoms with Gasteiger partial charge in [0.25, 0.3) is 5.69 Å². The van der Waals surface area contributed by atoms with Crippen LogP contribution in [0.2, 0.25) is 5.02 Å². The highest BCUT2D eigenvalue weighted by Gasteiger charge is 2.03. The van der Waals surface area contributed by atoms with E-state index in [0.717, 1.165) is 17.1 Å². The smallest absolute Gasteiger partial charge is 0.269 e. The highest BCUT2D eigenvalue weighted by atomic mass is 35.5. The second-order valence-corrected chi connectivity index (χ2v) is 4.84. The Hall–Kier alpha value is -2.11. The molecule has 0 aliphatic carbocycles. The van der Waals surface area contributed by atoms with Crippen LogP contribution in [0.15, 0.2) is 48.5 Å². The summed E-state index contributed by atoms with van der Waals surface area (Å²) < 4.78 is 5.49. The average Bonchev–Trinajstić information content (AvgIpc) is 2.49. The molecule has 0 spiro atoms. The van der Waals surface area contributed by atoms with Crippen LogP contribution >= 0.6 is 11.6 Å². The Bertz CT molecular complexity index is 585. The second kappa shape index (κ2) is 7.61. The van der Waals surface area contributed by atoms with Gasteiger partial charge in [0.2, 0.25) is 0 Å². The Morgan fingerprint density at radius 1 is 1.10 bits per heavy atom. The number of benzene rings is 2. The molecular formula is C15H15ClN2O3. The van der Waals surface area contributed by atoms with E-state index in [0.29, 0.717) is 18.9 Å². The first-order valence-corrected chi connectivity index (χ1v) is 6.85. The van der Waals surface area contributed by atoms with Gasteiger partial charge in [0.1, 0.15) is 12.4 Å². The summed E-state index contributed by atoms with van der Waals surface area (Å²) in [6.45, 7) is 1.91. The summed E-state index contributed by atoms with van der Waals surface area (Å²) >= 11 is 5.81. The van der Waals surface area contributed by atoms with Gasteiger partial charge in [0.15, 0.2) is 0 Å². The molecule has 0 atom stereocenters. The van der Waals surface area contributed by atoms with Crippen molar-refractivity contribution in [2.75, 3.05) is 13.2 Å². The van der Waals surface area contributed by atoms with E-state index in [4.69, 9.17) is 16.3 Å². The lowest BCUT2D eigenvalue weighted by molar-refractivity contribution is -0.384. The highest BCUT2D eigenvalue weighted by Crippen LogP contribution is 2.17. The Morgan fingerprint density at radius 2 is 1.76 bits per heavy atom. The van der Waals surface area contributed by atoms with Crippen LogP contribution in [0.25, 0.3) is 0 Å². The number of nitrogens with one attached hydrogen (secondary N) is 1. The summed E-state index contributed by atoms with van der Waals surface area (Å²) in [4.78, 5) is 10.1. The number of hydrogen-bond donors (Lipinski definition) is 1. The van der Waals surface area contributed by atoms with E-state index < -0.39 is 4.92 Å². The van der Waals surface area contributed by atoms with Gasteiger partial charge in [-0.15, -0.1) is 0 Å². The molecule has 21 heavy (non-hydrogen) atoms. The van der Waals surface area contributed by atoms with Crippen LogP contribution in [-0.2, 0) is 6.54 Å². The molecule has 0 bridgehead atoms. The average molecular weight is 307 g/mol. The van der Waals surface area contributed by atoms with Gasteiger partial charge in [-0.3, -0.25) is 10.1 Å². The van der Waals surface area contributed by atoms with Gasteiger partial charge in [-0.2, -0.15) is 0 Å². The van der Waals surface area contributed by atoms with Gasteiger partial charge in [0, 0.05) is 30.2 Å². The van der Waals surface area contributed by atoms with Crippen LogP contribution < -0.4 is 10.1 Å². The fourth-order valence-corrected chi connectivity index (χ4v) is 1.87. The van der Waals surface area contributed by atoms with Crippen LogP contribution in [0.1, 0.15) is 5.56 Å². The molecule has 0 saturated carbocycles. The molecule has 1 N–H and O–H groups in total. The van der Waals surface area contributed by atoms with Crippen LogP contribution in [0, 0.1) is 10.1 Å². The minimum Gasteiger partial charge on any atom is -0.492 e. The van der Waals surface area contributed by atoms with Gasteiger partial charge < -0.3 is 10.1 Å². The van der Waals surface area contributed by atoms with Crippen LogP contribution in [0.5, 0.6) is 5.75 Å². The molecular weight excluding hydrogens is 292 g/mol. The van der Waals surface area contributed by atoms with Crippen molar-refractivity contribution in [3.8, 4) is 5.75 Å². The van der Waals surface area contributed by atoms with Crippen LogP contribution in [0.4, 0.5) is 5.69 Å². The molecule has 0 radical (unpaired) electrons. The molecule has 0 fully saturated rings. The third-order valence-corrected chi connectivity index (χ3v) is 3.09. The zero-order valence-electron chi connectivity index (χ0n) is 11.3. The third-order valence-electron chi connectivity index (χ3n) is 2.84.